The number of pyridine rings is 1. The van der Waals surface area contributed by atoms with Crippen LogP contribution < -0.4 is 16.2 Å². The van der Waals surface area contributed by atoms with Gasteiger partial charge in [0, 0.05) is 19.2 Å². The third-order valence-electron chi connectivity index (χ3n) is 3.02. The molecule has 0 bridgehead atoms. The Morgan fingerprint density at radius 1 is 1.50 bits per heavy atom. The number of hydrogen-bond acceptors (Lipinski definition) is 5. The van der Waals surface area contributed by atoms with Crippen LogP contribution in [0.15, 0.2) is 6.07 Å². The maximum atomic E-state index is 13.7. The fourth-order valence-electron chi connectivity index (χ4n) is 2.18. The van der Waals surface area contributed by atoms with Crippen molar-refractivity contribution in [1.82, 2.24) is 4.98 Å². The van der Waals surface area contributed by atoms with Crippen molar-refractivity contribution in [2.24, 2.45) is 5.84 Å². The summed E-state index contributed by atoms with van der Waals surface area (Å²) in [6.07, 6.45) is 1.37. The minimum atomic E-state index is -0.892. The Hall–Kier alpha value is -1.47. The Bertz CT molecular complexity index is 453. The van der Waals surface area contributed by atoms with E-state index in [1.54, 1.807) is 11.8 Å². The van der Waals surface area contributed by atoms with E-state index >= 15 is 0 Å². The summed E-state index contributed by atoms with van der Waals surface area (Å²) in [5, 5.41) is 9.97. The molecule has 0 saturated carbocycles. The van der Waals surface area contributed by atoms with Crippen molar-refractivity contribution >= 4 is 11.6 Å². The Kier molecular flexibility index (Phi) is 3.36. The molecule has 1 fully saturated rings. The van der Waals surface area contributed by atoms with Gasteiger partial charge >= 0.3 is 0 Å². The maximum Gasteiger partial charge on any atom is 0.178 e. The number of nitrogens with one attached hydrogen (secondary N) is 1. The van der Waals surface area contributed by atoms with Crippen LogP contribution >= 0.6 is 0 Å². The van der Waals surface area contributed by atoms with Gasteiger partial charge in [-0.15, -0.1) is 0 Å². The molecule has 5 nitrogen and oxygen atoms in total. The van der Waals surface area contributed by atoms with Gasteiger partial charge in [0.05, 0.1) is 5.60 Å². The Morgan fingerprint density at radius 3 is 2.83 bits per heavy atom. The monoisotopic (exact) mass is 258 g/mol. The Balaban J connectivity index is 2.32. The van der Waals surface area contributed by atoms with E-state index in [0.29, 0.717) is 13.0 Å². The molecule has 0 amide bonds. The van der Waals surface area contributed by atoms with Crippen LogP contribution in [0.1, 0.15) is 19.8 Å². The van der Waals surface area contributed by atoms with Crippen molar-refractivity contribution in [2.75, 3.05) is 23.4 Å². The van der Waals surface area contributed by atoms with Crippen molar-refractivity contribution in [2.45, 2.75) is 25.4 Å². The number of β-amino-alcohol motifs (C(OH)–C–C–N with tert-alkyl or cyclic N) is 1. The van der Waals surface area contributed by atoms with Gasteiger partial charge in [-0.2, -0.15) is 0 Å². The number of nitrogens with two attached hydrogens (primary N) is 1. The molecule has 0 aromatic carbocycles. The van der Waals surface area contributed by atoms with Crippen molar-refractivity contribution in [3.05, 3.63) is 17.7 Å². The number of nitrogen functional groups attached to an aromatic ring is 1. The molecular formula is C11H16F2N4O. The van der Waals surface area contributed by atoms with E-state index in [1.165, 1.54) is 0 Å². The highest BCUT2D eigenvalue weighted by Gasteiger charge is 2.30. The first-order valence-electron chi connectivity index (χ1n) is 5.73. The van der Waals surface area contributed by atoms with E-state index < -0.39 is 17.2 Å². The molecule has 0 spiro atoms. The lowest BCUT2D eigenvalue weighted by Gasteiger charge is -2.37. The SMILES string of the molecule is CC1(O)CCCN(c2nc(NN)c(F)cc2F)C1. The van der Waals surface area contributed by atoms with Gasteiger partial charge in [0.25, 0.3) is 0 Å². The summed E-state index contributed by atoms with van der Waals surface area (Å²) in [6.45, 7) is 2.50. The molecule has 1 saturated heterocycles. The Labute approximate surface area is 104 Å². The number of halogens is 2. The average Bonchev–Trinajstić information content (AvgIpc) is 2.27. The van der Waals surface area contributed by atoms with Crippen molar-refractivity contribution in [3.8, 4) is 0 Å². The number of hydrazine groups is 1. The highest BCUT2D eigenvalue weighted by molar-refractivity contribution is 5.49. The standard InChI is InChI=1S/C11H16F2N4O/c1-11(18)3-2-4-17(6-11)10-8(13)5-7(12)9(15-10)16-14/h5,18H,2-4,6,14H2,1H3,(H,15,16). The number of nitrogens with zero attached hydrogens (tertiary/aromatic N) is 2. The zero-order chi connectivity index (χ0) is 13.3. The van der Waals surface area contributed by atoms with E-state index in [-0.39, 0.29) is 18.2 Å². The zero-order valence-corrected chi connectivity index (χ0v) is 10.1. The van der Waals surface area contributed by atoms with Gasteiger partial charge in [0.15, 0.2) is 23.3 Å². The highest BCUT2D eigenvalue weighted by atomic mass is 19.1. The smallest absolute Gasteiger partial charge is 0.178 e. The molecule has 2 heterocycles. The van der Waals surface area contributed by atoms with Crippen LogP contribution in [0, 0.1) is 11.6 Å². The van der Waals surface area contributed by atoms with Gasteiger partial charge in [-0.25, -0.2) is 19.6 Å². The van der Waals surface area contributed by atoms with Crippen molar-refractivity contribution in [3.63, 3.8) is 0 Å². The quantitative estimate of drug-likeness (QED) is 0.545. The lowest BCUT2D eigenvalue weighted by atomic mass is 9.95. The third-order valence-corrected chi connectivity index (χ3v) is 3.02. The summed E-state index contributed by atoms with van der Waals surface area (Å²) >= 11 is 0. The normalized spacial score (nSPS) is 24.2. The largest absolute Gasteiger partial charge is 0.388 e. The minimum Gasteiger partial charge on any atom is -0.388 e. The van der Waals surface area contributed by atoms with Gasteiger partial charge in [-0.05, 0) is 19.8 Å². The minimum absolute atomic E-state index is 0.00400. The van der Waals surface area contributed by atoms with Crippen LogP contribution in [0.3, 0.4) is 0 Å². The molecule has 18 heavy (non-hydrogen) atoms. The molecule has 2 rings (SSSR count). The number of rotatable bonds is 2. The predicted octanol–water partition coefficient (Wildman–Crippen LogP) is 0.997. The van der Waals surface area contributed by atoms with Crippen molar-refractivity contribution in [1.29, 1.82) is 0 Å². The van der Waals surface area contributed by atoms with E-state index in [0.717, 1.165) is 12.5 Å². The van der Waals surface area contributed by atoms with Crippen molar-refractivity contribution < 1.29 is 13.9 Å². The lowest BCUT2D eigenvalue weighted by molar-refractivity contribution is 0.0445. The molecule has 7 heteroatoms. The summed E-state index contributed by atoms with van der Waals surface area (Å²) in [6, 6.07) is 0.737. The fourth-order valence-corrected chi connectivity index (χ4v) is 2.18. The second kappa shape index (κ2) is 4.66. The topological polar surface area (TPSA) is 74.4 Å². The Morgan fingerprint density at radius 2 is 2.22 bits per heavy atom. The van der Waals surface area contributed by atoms with E-state index in [2.05, 4.69) is 10.4 Å². The summed E-state index contributed by atoms with van der Waals surface area (Å²) in [7, 11) is 0. The van der Waals surface area contributed by atoms with Gasteiger partial charge < -0.3 is 15.4 Å². The van der Waals surface area contributed by atoms with Crippen LogP contribution in [-0.4, -0.2) is 28.8 Å². The van der Waals surface area contributed by atoms with Crippen LogP contribution in [0.25, 0.3) is 0 Å². The summed E-state index contributed by atoms with van der Waals surface area (Å²) in [5.41, 5.74) is 1.19. The van der Waals surface area contributed by atoms with Crippen LogP contribution in [0.2, 0.25) is 0 Å². The molecule has 0 aliphatic carbocycles. The summed E-state index contributed by atoms with van der Waals surface area (Å²) < 4.78 is 26.9. The third kappa shape index (κ3) is 2.51. The van der Waals surface area contributed by atoms with Gasteiger partial charge in [-0.3, -0.25) is 0 Å². The predicted molar refractivity (Wildman–Crippen MR) is 64.0 cm³/mol. The summed E-state index contributed by atoms with van der Waals surface area (Å²) in [5.74, 6) is 3.30. The number of aromatic nitrogens is 1. The fraction of sp³-hybridized carbons (Fsp3) is 0.545. The van der Waals surface area contributed by atoms with Gasteiger partial charge in [-0.1, -0.05) is 0 Å². The zero-order valence-electron chi connectivity index (χ0n) is 10.1. The summed E-state index contributed by atoms with van der Waals surface area (Å²) in [4.78, 5) is 5.40. The average molecular weight is 258 g/mol. The molecule has 1 atom stereocenters. The number of anilines is 2. The first kappa shape index (κ1) is 13.0. The number of hydrogen-bond donors (Lipinski definition) is 3. The second-order valence-corrected chi connectivity index (χ2v) is 4.79. The van der Waals surface area contributed by atoms with Gasteiger partial charge in [0.1, 0.15) is 0 Å². The van der Waals surface area contributed by atoms with E-state index in [9.17, 15) is 13.9 Å². The maximum absolute atomic E-state index is 13.7. The van der Waals surface area contributed by atoms with E-state index in [1.807, 2.05) is 0 Å². The molecule has 1 unspecified atom stereocenters. The molecule has 100 valence electrons. The second-order valence-electron chi connectivity index (χ2n) is 4.79. The van der Waals surface area contributed by atoms with Gasteiger partial charge in [0.2, 0.25) is 0 Å². The van der Waals surface area contributed by atoms with E-state index in [4.69, 9.17) is 5.84 Å². The van der Waals surface area contributed by atoms with Crippen LogP contribution in [-0.2, 0) is 0 Å². The van der Waals surface area contributed by atoms with Crippen LogP contribution in [0.5, 0.6) is 0 Å². The number of piperidine rings is 1. The number of aliphatic hydroxyl groups is 1. The van der Waals surface area contributed by atoms with Crippen LogP contribution in [0.4, 0.5) is 20.4 Å². The molecular weight excluding hydrogens is 242 g/mol. The molecule has 1 aliphatic rings. The molecule has 4 N–H and O–H groups in total. The molecule has 1 aliphatic heterocycles. The molecule has 1 aromatic rings. The lowest BCUT2D eigenvalue weighted by Crippen LogP contribution is -2.46. The first-order chi connectivity index (χ1) is 8.43. The molecule has 1 aromatic heterocycles. The molecule has 0 radical (unpaired) electrons. The highest BCUT2D eigenvalue weighted by Crippen LogP contribution is 2.28. The first-order valence-corrected chi connectivity index (χ1v) is 5.73.